The summed E-state index contributed by atoms with van der Waals surface area (Å²) >= 11 is 0. The standard InChI is InChI=1S/C13H23NO6/c1-6-18-11(15)7-9(12(2,3)14(16)17)10-8-19-13(4,5)20-10/h9-10H,6-8H2,1-5H3/t9-,10-/m1/s1. The van der Waals surface area contributed by atoms with Crippen molar-refractivity contribution in [1.82, 2.24) is 0 Å². The first-order chi connectivity index (χ1) is 9.10. The summed E-state index contributed by atoms with van der Waals surface area (Å²) in [5, 5.41) is 11.3. The molecule has 0 amide bonds. The van der Waals surface area contributed by atoms with Crippen LogP contribution in [-0.2, 0) is 19.0 Å². The Morgan fingerprint density at radius 1 is 1.55 bits per heavy atom. The van der Waals surface area contributed by atoms with E-state index < -0.39 is 29.3 Å². The van der Waals surface area contributed by atoms with Gasteiger partial charge >= 0.3 is 5.97 Å². The van der Waals surface area contributed by atoms with Gasteiger partial charge in [0.15, 0.2) is 5.79 Å². The van der Waals surface area contributed by atoms with E-state index in [4.69, 9.17) is 14.2 Å². The van der Waals surface area contributed by atoms with Gasteiger partial charge in [-0.15, -0.1) is 0 Å². The van der Waals surface area contributed by atoms with Crippen LogP contribution in [0.3, 0.4) is 0 Å². The Hall–Kier alpha value is -1.21. The summed E-state index contributed by atoms with van der Waals surface area (Å²) < 4.78 is 16.0. The molecule has 0 aromatic carbocycles. The molecule has 20 heavy (non-hydrogen) atoms. The van der Waals surface area contributed by atoms with Crippen molar-refractivity contribution in [2.45, 2.75) is 58.5 Å². The molecule has 0 radical (unpaired) electrons. The van der Waals surface area contributed by atoms with Gasteiger partial charge in [0.1, 0.15) is 0 Å². The average Bonchev–Trinajstić information content (AvgIpc) is 2.66. The van der Waals surface area contributed by atoms with E-state index >= 15 is 0 Å². The molecular weight excluding hydrogens is 266 g/mol. The second kappa shape index (κ2) is 6.05. The maximum atomic E-state index is 11.7. The van der Waals surface area contributed by atoms with Crippen LogP contribution < -0.4 is 0 Å². The molecular formula is C13H23NO6. The molecule has 2 atom stereocenters. The minimum Gasteiger partial charge on any atom is -0.466 e. The van der Waals surface area contributed by atoms with Gasteiger partial charge in [-0.3, -0.25) is 14.9 Å². The Morgan fingerprint density at radius 3 is 2.55 bits per heavy atom. The molecule has 0 unspecified atom stereocenters. The Labute approximate surface area is 118 Å². The number of rotatable bonds is 6. The predicted octanol–water partition coefficient (Wildman–Crippen LogP) is 1.76. The van der Waals surface area contributed by atoms with Crippen molar-refractivity contribution in [3.05, 3.63) is 10.1 Å². The fraction of sp³-hybridized carbons (Fsp3) is 0.923. The Morgan fingerprint density at radius 2 is 2.15 bits per heavy atom. The van der Waals surface area contributed by atoms with Crippen LogP contribution in [0.5, 0.6) is 0 Å². The first kappa shape index (κ1) is 16.8. The Kier molecular flexibility index (Phi) is 5.10. The van der Waals surface area contributed by atoms with E-state index in [1.807, 2.05) is 0 Å². The fourth-order valence-corrected chi connectivity index (χ4v) is 2.28. The van der Waals surface area contributed by atoms with Crippen molar-refractivity contribution < 1.29 is 23.9 Å². The third-order valence-corrected chi connectivity index (χ3v) is 3.55. The average molecular weight is 289 g/mol. The van der Waals surface area contributed by atoms with E-state index in [-0.39, 0.29) is 24.6 Å². The SMILES string of the molecule is CCOC(=O)C[C@H]([C@H]1COC(C)(C)O1)C(C)(C)[N+](=O)[O-]. The summed E-state index contributed by atoms with van der Waals surface area (Å²) in [5.74, 6) is -1.86. The largest absolute Gasteiger partial charge is 0.466 e. The highest BCUT2D eigenvalue weighted by Gasteiger charge is 2.51. The van der Waals surface area contributed by atoms with E-state index in [2.05, 4.69) is 0 Å². The molecule has 1 fully saturated rings. The number of hydrogen-bond acceptors (Lipinski definition) is 6. The third kappa shape index (κ3) is 3.89. The summed E-state index contributed by atoms with van der Waals surface area (Å²) in [7, 11) is 0. The molecule has 0 spiro atoms. The van der Waals surface area contributed by atoms with Crippen LogP contribution in [0.15, 0.2) is 0 Å². The molecule has 1 heterocycles. The second-order valence-corrected chi connectivity index (χ2v) is 5.89. The highest BCUT2D eigenvalue weighted by atomic mass is 16.7. The van der Waals surface area contributed by atoms with E-state index in [0.717, 1.165) is 0 Å². The van der Waals surface area contributed by atoms with Crippen LogP contribution in [0, 0.1) is 16.0 Å². The minimum atomic E-state index is -1.30. The number of esters is 1. The van der Waals surface area contributed by atoms with Crippen LogP contribution >= 0.6 is 0 Å². The maximum absolute atomic E-state index is 11.7. The van der Waals surface area contributed by atoms with Crippen molar-refractivity contribution in [3.8, 4) is 0 Å². The molecule has 7 nitrogen and oxygen atoms in total. The molecule has 0 aromatic heterocycles. The molecule has 0 saturated carbocycles. The molecule has 1 aliphatic rings. The lowest BCUT2D eigenvalue weighted by Gasteiger charge is -2.30. The number of hydrogen-bond donors (Lipinski definition) is 0. The van der Waals surface area contributed by atoms with Crippen LogP contribution in [0.2, 0.25) is 0 Å². The smallest absolute Gasteiger partial charge is 0.306 e. The number of nitro groups is 1. The summed E-state index contributed by atoms with van der Waals surface area (Å²) in [4.78, 5) is 22.6. The van der Waals surface area contributed by atoms with Crippen molar-refractivity contribution in [3.63, 3.8) is 0 Å². The van der Waals surface area contributed by atoms with Crippen LogP contribution in [0.4, 0.5) is 0 Å². The Bertz CT molecular complexity index is 379. The summed E-state index contributed by atoms with van der Waals surface area (Å²) in [5.41, 5.74) is -1.30. The topological polar surface area (TPSA) is 87.9 Å². The van der Waals surface area contributed by atoms with Crippen molar-refractivity contribution in [1.29, 1.82) is 0 Å². The van der Waals surface area contributed by atoms with E-state index in [1.165, 1.54) is 13.8 Å². The molecule has 1 saturated heterocycles. The zero-order valence-electron chi connectivity index (χ0n) is 12.7. The summed E-state index contributed by atoms with van der Waals surface area (Å²) in [6.07, 6.45) is -0.568. The van der Waals surface area contributed by atoms with Crippen LogP contribution in [0.1, 0.15) is 41.0 Å². The van der Waals surface area contributed by atoms with E-state index in [9.17, 15) is 14.9 Å². The van der Waals surface area contributed by atoms with E-state index in [1.54, 1.807) is 20.8 Å². The molecule has 0 aromatic rings. The van der Waals surface area contributed by atoms with Gasteiger partial charge in [-0.2, -0.15) is 0 Å². The lowest BCUT2D eigenvalue weighted by molar-refractivity contribution is -0.574. The highest BCUT2D eigenvalue weighted by Crippen LogP contribution is 2.35. The quantitative estimate of drug-likeness (QED) is 0.420. The van der Waals surface area contributed by atoms with Gasteiger partial charge in [-0.1, -0.05) is 0 Å². The lowest BCUT2D eigenvalue weighted by atomic mass is 9.81. The number of nitrogens with zero attached hydrogens (tertiary/aromatic N) is 1. The number of carbonyl (C=O) groups is 1. The molecule has 0 aliphatic carbocycles. The Balaban J connectivity index is 2.91. The maximum Gasteiger partial charge on any atom is 0.306 e. The molecule has 0 N–H and O–H groups in total. The highest BCUT2D eigenvalue weighted by molar-refractivity contribution is 5.69. The normalized spacial score (nSPS) is 23.4. The van der Waals surface area contributed by atoms with Crippen LogP contribution in [-0.4, -0.2) is 41.5 Å². The van der Waals surface area contributed by atoms with Crippen molar-refractivity contribution in [2.75, 3.05) is 13.2 Å². The van der Waals surface area contributed by atoms with Crippen molar-refractivity contribution >= 4 is 5.97 Å². The fourth-order valence-electron chi connectivity index (χ4n) is 2.28. The molecule has 7 heteroatoms. The lowest BCUT2D eigenvalue weighted by Crippen LogP contribution is -2.48. The van der Waals surface area contributed by atoms with Gasteiger partial charge in [0.25, 0.3) is 0 Å². The number of ether oxygens (including phenoxy) is 3. The van der Waals surface area contributed by atoms with E-state index in [0.29, 0.717) is 0 Å². The molecule has 0 bridgehead atoms. The minimum absolute atomic E-state index is 0.0636. The molecule has 1 rings (SSSR count). The van der Waals surface area contributed by atoms with Gasteiger partial charge in [0, 0.05) is 18.8 Å². The first-order valence-electron chi connectivity index (χ1n) is 6.72. The predicted molar refractivity (Wildman–Crippen MR) is 70.7 cm³/mol. The zero-order chi connectivity index (χ0) is 15.6. The third-order valence-electron chi connectivity index (χ3n) is 3.55. The first-order valence-corrected chi connectivity index (χ1v) is 6.72. The summed E-state index contributed by atoms with van der Waals surface area (Å²) in [6.45, 7) is 8.65. The zero-order valence-corrected chi connectivity index (χ0v) is 12.7. The van der Waals surface area contributed by atoms with Gasteiger partial charge in [-0.05, 0) is 20.8 Å². The second-order valence-electron chi connectivity index (χ2n) is 5.89. The van der Waals surface area contributed by atoms with Gasteiger partial charge < -0.3 is 14.2 Å². The molecule has 116 valence electrons. The van der Waals surface area contributed by atoms with Gasteiger partial charge in [-0.25, -0.2) is 0 Å². The van der Waals surface area contributed by atoms with Crippen molar-refractivity contribution in [2.24, 2.45) is 5.92 Å². The molecule has 1 aliphatic heterocycles. The van der Waals surface area contributed by atoms with Gasteiger partial charge in [0.2, 0.25) is 5.54 Å². The number of carbonyl (C=O) groups excluding carboxylic acids is 1. The monoisotopic (exact) mass is 289 g/mol. The van der Waals surface area contributed by atoms with Gasteiger partial charge in [0.05, 0.1) is 31.7 Å². The van der Waals surface area contributed by atoms with Crippen LogP contribution in [0.25, 0.3) is 0 Å². The summed E-state index contributed by atoms with van der Waals surface area (Å²) in [6, 6.07) is 0.